The van der Waals surface area contributed by atoms with Gasteiger partial charge in [-0.25, -0.2) is 0 Å². The second-order valence-electron chi connectivity index (χ2n) is 7.03. The quantitative estimate of drug-likeness (QED) is 0.345. The molecule has 0 aliphatic heterocycles. The fourth-order valence-corrected chi connectivity index (χ4v) is 4.17. The average Bonchev–Trinajstić information content (AvgIpc) is 2.47. The molecule has 4 N–H and O–H groups in total. The monoisotopic (exact) mass is 351 g/mol. The third-order valence-electron chi connectivity index (χ3n) is 5.29. The highest BCUT2D eigenvalue weighted by atomic mass is 32.2. The lowest BCUT2D eigenvalue weighted by atomic mass is 9.79. The number of hydrogen-bond acceptors (Lipinski definition) is 4. The van der Waals surface area contributed by atoms with Crippen molar-refractivity contribution in [1.29, 1.82) is 0 Å². The lowest BCUT2D eigenvalue weighted by Gasteiger charge is -2.43. The molecule has 0 aromatic heterocycles. The molecule has 0 amide bonds. The van der Waals surface area contributed by atoms with E-state index in [1.54, 1.807) is 13.8 Å². The molecular formula is C17H37NO4S. The van der Waals surface area contributed by atoms with Gasteiger partial charge in [0.05, 0.1) is 5.60 Å². The highest BCUT2D eigenvalue weighted by Gasteiger charge is 2.54. The summed E-state index contributed by atoms with van der Waals surface area (Å²) in [5, 5.41) is 10.7. The van der Waals surface area contributed by atoms with Crippen molar-refractivity contribution in [1.82, 2.24) is 0 Å². The van der Waals surface area contributed by atoms with Crippen molar-refractivity contribution < 1.29 is 18.1 Å². The summed E-state index contributed by atoms with van der Waals surface area (Å²) in [5.41, 5.74) is 4.19. The molecule has 0 aromatic carbocycles. The van der Waals surface area contributed by atoms with E-state index in [9.17, 15) is 18.1 Å². The lowest BCUT2D eigenvalue weighted by molar-refractivity contribution is -0.0401. The predicted octanol–water partition coefficient (Wildman–Crippen LogP) is 3.86. The molecule has 0 saturated carbocycles. The van der Waals surface area contributed by atoms with Crippen LogP contribution in [0.15, 0.2) is 0 Å². The maximum Gasteiger partial charge on any atom is 0.286 e. The van der Waals surface area contributed by atoms with E-state index in [1.807, 2.05) is 0 Å². The molecule has 140 valence electrons. The Kier molecular flexibility index (Phi) is 9.89. The molecule has 3 unspecified atom stereocenters. The zero-order chi connectivity index (χ0) is 18.1. The molecule has 3 atom stereocenters. The van der Waals surface area contributed by atoms with E-state index in [0.29, 0.717) is 6.42 Å². The van der Waals surface area contributed by atoms with E-state index in [0.717, 1.165) is 12.8 Å². The third-order valence-corrected chi connectivity index (χ3v) is 6.92. The first-order valence-corrected chi connectivity index (χ1v) is 10.5. The summed E-state index contributed by atoms with van der Waals surface area (Å²) in [6.07, 6.45) is 10.1. The first kappa shape index (κ1) is 22.8. The van der Waals surface area contributed by atoms with Crippen LogP contribution in [0.2, 0.25) is 0 Å². The maximum absolute atomic E-state index is 11.6. The standard InChI is InChI=1S/C17H37NO4S/c1-5-7-8-9-10-11-12-13-14-15(3)16(4,19)17(18,6-2)23(20,21)22/h15,19H,5-14,18H2,1-4H3,(H,20,21,22). The topological polar surface area (TPSA) is 101 Å². The zero-order valence-corrected chi connectivity index (χ0v) is 16.2. The van der Waals surface area contributed by atoms with Crippen LogP contribution in [-0.2, 0) is 10.1 Å². The fourth-order valence-electron chi connectivity index (χ4n) is 3.08. The fraction of sp³-hybridized carbons (Fsp3) is 1.00. The minimum atomic E-state index is -4.54. The van der Waals surface area contributed by atoms with Crippen LogP contribution in [0.1, 0.15) is 91.9 Å². The van der Waals surface area contributed by atoms with Gasteiger partial charge >= 0.3 is 0 Å². The van der Waals surface area contributed by atoms with Crippen LogP contribution in [-0.4, -0.2) is 28.5 Å². The molecule has 6 heteroatoms. The molecule has 0 bridgehead atoms. The Bertz CT molecular complexity index is 422. The van der Waals surface area contributed by atoms with E-state index < -0.39 is 20.6 Å². The van der Waals surface area contributed by atoms with Crippen molar-refractivity contribution in [3.8, 4) is 0 Å². The van der Waals surface area contributed by atoms with Crippen LogP contribution in [0.4, 0.5) is 0 Å². The highest BCUT2D eigenvalue weighted by molar-refractivity contribution is 7.87. The van der Waals surface area contributed by atoms with Crippen LogP contribution in [0, 0.1) is 5.92 Å². The van der Waals surface area contributed by atoms with Crippen LogP contribution >= 0.6 is 0 Å². The van der Waals surface area contributed by atoms with Gasteiger partial charge in [0.2, 0.25) is 0 Å². The first-order valence-electron chi connectivity index (χ1n) is 9.02. The van der Waals surface area contributed by atoms with Gasteiger partial charge in [0.25, 0.3) is 10.1 Å². The minimum Gasteiger partial charge on any atom is -0.387 e. The van der Waals surface area contributed by atoms with Crippen molar-refractivity contribution >= 4 is 10.1 Å². The molecule has 0 spiro atoms. The van der Waals surface area contributed by atoms with Gasteiger partial charge in [-0.2, -0.15) is 8.42 Å². The van der Waals surface area contributed by atoms with Crippen molar-refractivity contribution in [2.45, 2.75) is 102 Å². The number of nitrogens with two attached hydrogens (primary N) is 1. The average molecular weight is 352 g/mol. The first-order chi connectivity index (χ1) is 10.5. The van der Waals surface area contributed by atoms with Gasteiger partial charge in [0, 0.05) is 0 Å². The Hall–Kier alpha value is -0.170. The Balaban J connectivity index is 4.36. The normalized spacial score (nSPS) is 19.1. The van der Waals surface area contributed by atoms with Gasteiger partial charge in [-0.05, 0) is 25.7 Å². The second kappa shape index (κ2) is 9.97. The van der Waals surface area contributed by atoms with Gasteiger partial charge in [-0.3, -0.25) is 4.55 Å². The molecule has 0 fully saturated rings. The van der Waals surface area contributed by atoms with Crippen molar-refractivity contribution in [3.05, 3.63) is 0 Å². The Morgan fingerprint density at radius 1 is 1.00 bits per heavy atom. The molecule has 0 aliphatic rings. The Morgan fingerprint density at radius 2 is 1.43 bits per heavy atom. The van der Waals surface area contributed by atoms with E-state index in [4.69, 9.17) is 5.73 Å². The molecule has 5 nitrogen and oxygen atoms in total. The van der Waals surface area contributed by atoms with Gasteiger partial charge in [-0.1, -0.05) is 72.1 Å². The van der Waals surface area contributed by atoms with Crippen LogP contribution in [0.25, 0.3) is 0 Å². The molecule has 23 heavy (non-hydrogen) atoms. The summed E-state index contributed by atoms with van der Waals surface area (Å²) in [4.78, 5) is -2.03. The molecule has 0 heterocycles. The molecule has 0 rings (SSSR count). The van der Waals surface area contributed by atoms with E-state index in [1.165, 1.54) is 45.4 Å². The summed E-state index contributed by atoms with van der Waals surface area (Å²) in [6, 6.07) is 0. The summed E-state index contributed by atoms with van der Waals surface area (Å²) in [7, 11) is -4.54. The Labute approximate surface area is 142 Å². The van der Waals surface area contributed by atoms with E-state index in [-0.39, 0.29) is 12.3 Å². The molecule has 0 aromatic rings. The van der Waals surface area contributed by atoms with Gasteiger partial charge in [0.15, 0.2) is 4.87 Å². The number of unbranched alkanes of at least 4 members (excludes halogenated alkanes) is 7. The molecule has 0 radical (unpaired) electrons. The van der Waals surface area contributed by atoms with Gasteiger partial charge in [-0.15, -0.1) is 0 Å². The Morgan fingerprint density at radius 3 is 1.83 bits per heavy atom. The van der Waals surface area contributed by atoms with Crippen molar-refractivity contribution in [2.75, 3.05) is 0 Å². The van der Waals surface area contributed by atoms with Gasteiger partial charge in [0.1, 0.15) is 0 Å². The SMILES string of the molecule is CCCCCCCCCCC(C)C(C)(O)C(N)(CC)S(=O)(=O)O. The number of rotatable bonds is 13. The summed E-state index contributed by atoms with van der Waals surface area (Å²) in [6.45, 7) is 6.97. The molecule has 0 saturated heterocycles. The predicted molar refractivity (Wildman–Crippen MR) is 95.8 cm³/mol. The number of hydrogen-bond donors (Lipinski definition) is 3. The molecular weight excluding hydrogens is 314 g/mol. The van der Waals surface area contributed by atoms with Crippen LogP contribution in [0.3, 0.4) is 0 Å². The van der Waals surface area contributed by atoms with Crippen LogP contribution < -0.4 is 5.73 Å². The highest BCUT2D eigenvalue weighted by Crippen LogP contribution is 2.36. The number of aliphatic hydroxyl groups is 1. The summed E-state index contributed by atoms with van der Waals surface area (Å²) < 4.78 is 32.6. The smallest absolute Gasteiger partial charge is 0.286 e. The van der Waals surface area contributed by atoms with Gasteiger partial charge < -0.3 is 10.8 Å². The summed E-state index contributed by atoms with van der Waals surface area (Å²) >= 11 is 0. The summed E-state index contributed by atoms with van der Waals surface area (Å²) in [5.74, 6) is -0.311. The zero-order valence-electron chi connectivity index (χ0n) is 15.3. The van der Waals surface area contributed by atoms with Crippen molar-refractivity contribution in [3.63, 3.8) is 0 Å². The molecule has 0 aliphatic carbocycles. The minimum absolute atomic E-state index is 0.0411. The maximum atomic E-state index is 11.6. The lowest BCUT2D eigenvalue weighted by Crippen LogP contribution is -2.66. The third kappa shape index (κ3) is 6.33. The van der Waals surface area contributed by atoms with E-state index in [2.05, 4.69) is 6.92 Å². The van der Waals surface area contributed by atoms with Crippen molar-refractivity contribution in [2.24, 2.45) is 11.7 Å². The largest absolute Gasteiger partial charge is 0.387 e. The second-order valence-corrected chi connectivity index (χ2v) is 8.71. The van der Waals surface area contributed by atoms with Crippen LogP contribution in [0.5, 0.6) is 0 Å². The van der Waals surface area contributed by atoms with E-state index >= 15 is 0 Å².